The summed E-state index contributed by atoms with van der Waals surface area (Å²) in [5.74, 6) is 0.652. The Morgan fingerprint density at radius 1 is 0.865 bits per heavy atom. The second-order valence-electron chi connectivity index (χ2n) is 8.39. The van der Waals surface area contributed by atoms with Gasteiger partial charge in [0.1, 0.15) is 11.5 Å². The lowest BCUT2D eigenvalue weighted by molar-refractivity contribution is 0.0946. The van der Waals surface area contributed by atoms with Crippen LogP contribution in [0.3, 0.4) is 0 Å². The molecule has 0 saturated heterocycles. The summed E-state index contributed by atoms with van der Waals surface area (Å²) in [6.45, 7) is 0.400. The summed E-state index contributed by atoms with van der Waals surface area (Å²) < 4.78 is 25.7. The molecule has 1 N–H and O–H groups in total. The van der Waals surface area contributed by atoms with Crippen LogP contribution >= 0.6 is 0 Å². The second-order valence-corrected chi connectivity index (χ2v) is 8.39. The number of hydrogen-bond acceptors (Lipinski definition) is 5. The quantitative estimate of drug-likeness (QED) is 0.320. The minimum absolute atomic E-state index is 0.293. The Labute approximate surface area is 213 Å². The molecule has 186 valence electrons. The molecular formula is C29H25FN4O3. The molecule has 3 aromatic carbocycles. The molecule has 2 aromatic heterocycles. The van der Waals surface area contributed by atoms with E-state index in [4.69, 9.17) is 14.5 Å². The standard InChI is InChI=1S/C29H25FN4O3/c1-36-26-13-8-19(16-27(26)37-2)14-15-31-29(35)25-17-23(21-9-11-22(30)12-10-21)32-28-18-24(33-34(25)28)20-6-4-3-5-7-20/h3-13,16-18H,14-15H2,1-2H3,(H,31,35). The van der Waals surface area contributed by atoms with Gasteiger partial charge in [-0.3, -0.25) is 4.79 Å². The maximum absolute atomic E-state index is 13.5. The number of aromatic nitrogens is 3. The number of carbonyl (C=O) groups is 1. The lowest BCUT2D eigenvalue weighted by Gasteiger charge is -2.11. The first-order valence-corrected chi connectivity index (χ1v) is 11.8. The van der Waals surface area contributed by atoms with Crippen LogP contribution in [0.4, 0.5) is 4.39 Å². The summed E-state index contributed by atoms with van der Waals surface area (Å²) >= 11 is 0. The topological polar surface area (TPSA) is 77.8 Å². The van der Waals surface area contributed by atoms with Gasteiger partial charge < -0.3 is 14.8 Å². The first kappa shape index (κ1) is 24.0. The highest BCUT2D eigenvalue weighted by molar-refractivity contribution is 5.94. The third-order valence-electron chi connectivity index (χ3n) is 6.02. The molecule has 0 aliphatic heterocycles. The van der Waals surface area contributed by atoms with Crippen molar-refractivity contribution in [2.24, 2.45) is 0 Å². The van der Waals surface area contributed by atoms with Gasteiger partial charge in [-0.15, -0.1) is 0 Å². The Balaban J connectivity index is 1.45. The number of methoxy groups -OCH3 is 2. The van der Waals surface area contributed by atoms with Crippen molar-refractivity contribution in [2.75, 3.05) is 20.8 Å². The molecular weight excluding hydrogens is 471 g/mol. The number of rotatable bonds is 8. The van der Waals surface area contributed by atoms with E-state index in [-0.39, 0.29) is 11.7 Å². The Bertz CT molecular complexity index is 1550. The molecule has 0 bridgehead atoms. The maximum atomic E-state index is 13.5. The number of ether oxygens (including phenoxy) is 2. The van der Waals surface area contributed by atoms with Crippen LogP contribution < -0.4 is 14.8 Å². The molecule has 0 spiro atoms. The maximum Gasteiger partial charge on any atom is 0.270 e. The van der Waals surface area contributed by atoms with E-state index in [0.29, 0.717) is 52.8 Å². The van der Waals surface area contributed by atoms with Crippen molar-refractivity contribution in [2.45, 2.75) is 6.42 Å². The Kier molecular flexibility index (Phi) is 6.81. The highest BCUT2D eigenvalue weighted by atomic mass is 19.1. The van der Waals surface area contributed by atoms with E-state index in [9.17, 15) is 9.18 Å². The van der Waals surface area contributed by atoms with Gasteiger partial charge in [0.25, 0.3) is 5.91 Å². The zero-order valence-corrected chi connectivity index (χ0v) is 20.4. The Hall–Kier alpha value is -4.72. The molecule has 37 heavy (non-hydrogen) atoms. The number of hydrogen-bond donors (Lipinski definition) is 1. The van der Waals surface area contributed by atoms with Gasteiger partial charge in [-0.2, -0.15) is 5.10 Å². The molecule has 0 unspecified atom stereocenters. The predicted molar refractivity (Wildman–Crippen MR) is 139 cm³/mol. The normalized spacial score (nSPS) is 10.9. The number of carbonyl (C=O) groups excluding carboxylic acids is 1. The lowest BCUT2D eigenvalue weighted by Crippen LogP contribution is -2.28. The molecule has 5 rings (SSSR count). The molecule has 2 heterocycles. The third kappa shape index (κ3) is 5.13. The Morgan fingerprint density at radius 3 is 2.32 bits per heavy atom. The van der Waals surface area contributed by atoms with E-state index < -0.39 is 0 Å². The van der Waals surface area contributed by atoms with Crippen LogP contribution in [-0.2, 0) is 6.42 Å². The van der Waals surface area contributed by atoms with Crippen molar-refractivity contribution in [1.82, 2.24) is 19.9 Å². The first-order chi connectivity index (χ1) is 18.1. The number of halogens is 1. The average Bonchev–Trinajstić information content (AvgIpc) is 3.37. The van der Waals surface area contributed by atoms with Crippen molar-refractivity contribution in [3.05, 3.63) is 102 Å². The fourth-order valence-corrected chi connectivity index (χ4v) is 4.10. The zero-order chi connectivity index (χ0) is 25.8. The molecule has 5 aromatic rings. The van der Waals surface area contributed by atoms with Gasteiger partial charge in [0.2, 0.25) is 0 Å². The van der Waals surface area contributed by atoms with Crippen LogP contribution in [0.2, 0.25) is 0 Å². The summed E-state index contributed by atoms with van der Waals surface area (Å²) in [7, 11) is 3.18. The molecule has 8 heteroatoms. The van der Waals surface area contributed by atoms with E-state index in [1.54, 1.807) is 36.9 Å². The fourth-order valence-electron chi connectivity index (χ4n) is 4.10. The van der Waals surface area contributed by atoms with Crippen molar-refractivity contribution in [3.63, 3.8) is 0 Å². The Morgan fingerprint density at radius 2 is 1.59 bits per heavy atom. The van der Waals surface area contributed by atoms with Gasteiger partial charge in [0.15, 0.2) is 17.1 Å². The van der Waals surface area contributed by atoms with Gasteiger partial charge in [0.05, 0.1) is 25.6 Å². The smallest absolute Gasteiger partial charge is 0.270 e. The third-order valence-corrected chi connectivity index (χ3v) is 6.02. The minimum atomic E-state index is -0.339. The summed E-state index contributed by atoms with van der Waals surface area (Å²) in [6.07, 6.45) is 0.597. The van der Waals surface area contributed by atoms with Crippen molar-refractivity contribution >= 4 is 11.6 Å². The summed E-state index contributed by atoms with van der Waals surface area (Å²) in [5.41, 5.74) is 4.71. The monoisotopic (exact) mass is 496 g/mol. The van der Waals surface area contributed by atoms with E-state index in [1.807, 2.05) is 54.6 Å². The van der Waals surface area contributed by atoms with Gasteiger partial charge in [-0.25, -0.2) is 13.9 Å². The number of amides is 1. The van der Waals surface area contributed by atoms with Crippen LogP contribution in [0.5, 0.6) is 11.5 Å². The van der Waals surface area contributed by atoms with Crippen LogP contribution in [-0.4, -0.2) is 41.3 Å². The van der Waals surface area contributed by atoms with Crippen molar-refractivity contribution in [1.29, 1.82) is 0 Å². The number of nitrogens with zero attached hydrogens (tertiary/aromatic N) is 3. The fraction of sp³-hybridized carbons (Fsp3) is 0.138. The van der Waals surface area contributed by atoms with Crippen molar-refractivity contribution in [3.8, 4) is 34.0 Å². The number of benzene rings is 3. The molecule has 0 atom stereocenters. The SMILES string of the molecule is COc1ccc(CCNC(=O)c2cc(-c3ccc(F)cc3)nc3cc(-c4ccccc4)nn23)cc1OC. The van der Waals surface area contributed by atoms with Gasteiger partial charge in [-0.05, 0) is 54.4 Å². The molecule has 0 fully saturated rings. The largest absolute Gasteiger partial charge is 0.493 e. The van der Waals surface area contributed by atoms with E-state index in [0.717, 1.165) is 11.1 Å². The van der Waals surface area contributed by atoms with Crippen LogP contribution in [0.1, 0.15) is 16.1 Å². The van der Waals surface area contributed by atoms with Crippen LogP contribution in [0.15, 0.2) is 84.9 Å². The van der Waals surface area contributed by atoms with E-state index in [2.05, 4.69) is 10.4 Å². The zero-order valence-electron chi connectivity index (χ0n) is 20.4. The lowest BCUT2D eigenvalue weighted by atomic mass is 10.1. The molecule has 0 aliphatic carbocycles. The van der Waals surface area contributed by atoms with Gasteiger partial charge in [-0.1, -0.05) is 36.4 Å². The minimum Gasteiger partial charge on any atom is -0.493 e. The molecule has 7 nitrogen and oxygen atoms in total. The second kappa shape index (κ2) is 10.5. The molecule has 1 amide bonds. The van der Waals surface area contributed by atoms with Crippen LogP contribution in [0.25, 0.3) is 28.2 Å². The van der Waals surface area contributed by atoms with E-state index in [1.165, 1.54) is 12.1 Å². The van der Waals surface area contributed by atoms with E-state index >= 15 is 0 Å². The number of fused-ring (bicyclic) bond motifs is 1. The molecule has 0 aliphatic rings. The molecule has 0 saturated carbocycles. The first-order valence-electron chi connectivity index (χ1n) is 11.8. The predicted octanol–water partition coefficient (Wildman–Crippen LogP) is 5.19. The summed E-state index contributed by atoms with van der Waals surface area (Å²) in [4.78, 5) is 18.1. The summed E-state index contributed by atoms with van der Waals surface area (Å²) in [6, 6.07) is 24.9. The van der Waals surface area contributed by atoms with Gasteiger partial charge in [0, 0.05) is 23.7 Å². The molecule has 0 radical (unpaired) electrons. The highest BCUT2D eigenvalue weighted by Crippen LogP contribution is 2.28. The average molecular weight is 497 g/mol. The summed E-state index contributed by atoms with van der Waals surface area (Å²) in [5, 5.41) is 7.65. The van der Waals surface area contributed by atoms with Crippen LogP contribution in [0, 0.1) is 5.82 Å². The highest BCUT2D eigenvalue weighted by Gasteiger charge is 2.17. The van der Waals surface area contributed by atoms with Crippen molar-refractivity contribution < 1.29 is 18.7 Å². The van der Waals surface area contributed by atoms with Gasteiger partial charge >= 0.3 is 0 Å². The number of nitrogens with one attached hydrogen (secondary N) is 1.